The van der Waals surface area contributed by atoms with Gasteiger partial charge < -0.3 is 4.90 Å². The Balaban J connectivity index is 2.28. The monoisotopic (exact) mass is 338 g/mol. The molecule has 0 aliphatic rings. The Kier molecular flexibility index (Phi) is 4.83. The Bertz CT molecular complexity index is 542. The lowest BCUT2D eigenvalue weighted by Crippen LogP contribution is -2.23. The largest absolute Gasteiger partial charge is 0.353 e. The highest BCUT2D eigenvalue weighted by Crippen LogP contribution is 2.27. The molecule has 0 amide bonds. The van der Waals surface area contributed by atoms with E-state index < -0.39 is 0 Å². The van der Waals surface area contributed by atoms with Crippen molar-refractivity contribution >= 4 is 33.3 Å². The predicted molar refractivity (Wildman–Crippen MR) is 85.1 cm³/mol. The predicted octanol–water partition coefficient (Wildman–Crippen LogP) is 4.83. The molecule has 0 saturated carbocycles. The third kappa shape index (κ3) is 3.28. The molecule has 1 unspecified atom stereocenters. The lowest BCUT2D eigenvalue weighted by molar-refractivity contribution is 0.726. The number of hydrogen-bond acceptors (Lipinski definition) is 2. The van der Waals surface area contributed by atoms with E-state index >= 15 is 0 Å². The number of benzene rings is 1. The van der Waals surface area contributed by atoms with Crippen molar-refractivity contribution in [2.75, 3.05) is 11.9 Å². The first-order chi connectivity index (χ1) is 9.13. The fourth-order valence-corrected chi connectivity index (χ4v) is 2.56. The molecule has 2 aromatic rings. The van der Waals surface area contributed by atoms with Crippen LogP contribution in [0, 0.1) is 0 Å². The van der Waals surface area contributed by atoms with E-state index in [0.717, 1.165) is 16.2 Å². The zero-order chi connectivity index (χ0) is 13.8. The van der Waals surface area contributed by atoms with Crippen LogP contribution in [-0.2, 0) is 5.33 Å². The van der Waals surface area contributed by atoms with Gasteiger partial charge in [-0.3, -0.25) is 0 Å². The Morgan fingerprint density at radius 1 is 1.26 bits per heavy atom. The van der Waals surface area contributed by atoms with E-state index in [1.807, 2.05) is 24.4 Å². The third-order valence-corrected chi connectivity index (χ3v) is 4.14. The SMILES string of the molecule is CC(c1ccc(Cl)cc1)N(C)c1ncccc1CBr. The molecule has 4 heteroatoms. The molecule has 2 rings (SSSR count). The minimum Gasteiger partial charge on any atom is -0.353 e. The maximum Gasteiger partial charge on any atom is 0.132 e. The second-order valence-electron chi connectivity index (χ2n) is 4.46. The van der Waals surface area contributed by atoms with Crippen molar-refractivity contribution in [2.45, 2.75) is 18.3 Å². The van der Waals surface area contributed by atoms with E-state index in [1.165, 1.54) is 11.1 Å². The van der Waals surface area contributed by atoms with Crippen LogP contribution in [0.2, 0.25) is 5.02 Å². The number of pyridine rings is 1. The summed E-state index contributed by atoms with van der Waals surface area (Å²) in [6, 6.07) is 12.2. The van der Waals surface area contributed by atoms with E-state index in [1.54, 1.807) is 0 Å². The quantitative estimate of drug-likeness (QED) is 0.742. The first kappa shape index (κ1) is 14.4. The molecule has 1 aromatic carbocycles. The average molecular weight is 340 g/mol. The van der Waals surface area contributed by atoms with Gasteiger partial charge in [-0.15, -0.1) is 0 Å². The van der Waals surface area contributed by atoms with Gasteiger partial charge in [0.05, 0.1) is 6.04 Å². The molecule has 0 fully saturated rings. The Morgan fingerprint density at radius 2 is 1.95 bits per heavy atom. The van der Waals surface area contributed by atoms with Crippen molar-refractivity contribution < 1.29 is 0 Å². The van der Waals surface area contributed by atoms with Gasteiger partial charge in [-0.05, 0) is 30.7 Å². The summed E-state index contributed by atoms with van der Waals surface area (Å²) in [5.74, 6) is 1.00. The molecular formula is C15H16BrClN2. The molecule has 0 saturated heterocycles. The maximum absolute atomic E-state index is 5.93. The summed E-state index contributed by atoms with van der Waals surface area (Å²) >= 11 is 9.44. The Labute approximate surface area is 127 Å². The molecule has 0 aliphatic heterocycles. The van der Waals surface area contributed by atoms with Crippen LogP contribution >= 0.6 is 27.5 Å². The Morgan fingerprint density at radius 3 is 2.58 bits per heavy atom. The summed E-state index contributed by atoms with van der Waals surface area (Å²) in [4.78, 5) is 6.66. The molecule has 0 N–H and O–H groups in total. The van der Waals surface area contributed by atoms with Crippen LogP contribution in [0.4, 0.5) is 5.82 Å². The molecule has 19 heavy (non-hydrogen) atoms. The lowest BCUT2D eigenvalue weighted by atomic mass is 10.1. The van der Waals surface area contributed by atoms with Gasteiger partial charge in [0.25, 0.3) is 0 Å². The first-order valence-corrected chi connectivity index (χ1v) is 7.61. The molecule has 2 nitrogen and oxygen atoms in total. The van der Waals surface area contributed by atoms with E-state index in [4.69, 9.17) is 11.6 Å². The number of aromatic nitrogens is 1. The topological polar surface area (TPSA) is 16.1 Å². The number of hydrogen-bond donors (Lipinski definition) is 0. The third-order valence-electron chi connectivity index (χ3n) is 3.28. The van der Waals surface area contributed by atoms with Crippen LogP contribution in [0.5, 0.6) is 0 Å². The van der Waals surface area contributed by atoms with E-state index in [2.05, 4.69) is 58.0 Å². The fraction of sp³-hybridized carbons (Fsp3) is 0.267. The van der Waals surface area contributed by atoms with Crippen molar-refractivity contribution in [1.29, 1.82) is 0 Å². The van der Waals surface area contributed by atoms with Crippen LogP contribution in [0.1, 0.15) is 24.1 Å². The molecule has 1 heterocycles. The average Bonchev–Trinajstić information content (AvgIpc) is 2.46. The van der Waals surface area contributed by atoms with E-state index in [0.29, 0.717) is 0 Å². The highest BCUT2D eigenvalue weighted by molar-refractivity contribution is 9.08. The fourth-order valence-electron chi connectivity index (χ4n) is 2.00. The van der Waals surface area contributed by atoms with Crippen LogP contribution in [0.25, 0.3) is 0 Å². The van der Waals surface area contributed by atoms with Crippen LogP contribution in [0.3, 0.4) is 0 Å². The molecule has 0 radical (unpaired) electrons. The summed E-state index contributed by atoms with van der Waals surface area (Å²) in [5.41, 5.74) is 2.41. The molecule has 0 spiro atoms. The summed E-state index contributed by atoms with van der Waals surface area (Å²) in [6.45, 7) is 2.16. The standard InChI is InChI=1S/C15H16BrClN2/c1-11(12-5-7-14(17)8-6-12)19(2)15-13(10-16)4-3-9-18-15/h3-9,11H,10H2,1-2H3. The molecule has 0 aliphatic carbocycles. The van der Waals surface area contributed by atoms with E-state index in [9.17, 15) is 0 Å². The van der Waals surface area contributed by atoms with Gasteiger partial charge in [0.2, 0.25) is 0 Å². The first-order valence-electron chi connectivity index (χ1n) is 6.11. The second kappa shape index (κ2) is 6.40. The number of halogens is 2. The van der Waals surface area contributed by atoms with Crippen molar-refractivity contribution in [1.82, 2.24) is 4.98 Å². The number of alkyl halides is 1. The summed E-state index contributed by atoms with van der Waals surface area (Å²) < 4.78 is 0. The molecule has 1 aromatic heterocycles. The van der Waals surface area contributed by atoms with Gasteiger partial charge >= 0.3 is 0 Å². The van der Waals surface area contributed by atoms with Gasteiger partial charge in [-0.2, -0.15) is 0 Å². The van der Waals surface area contributed by atoms with Crippen molar-refractivity contribution in [2.24, 2.45) is 0 Å². The number of nitrogens with zero attached hydrogens (tertiary/aromatic N) is 2. The van der Waals surface area contributed by atoms with Crippen molar-refractivity contribution in [3.05, 3.63) is 58.7 Å². The number of anilines is 1. The highest BCUT2D eigenvalue weighted by Gasteiger charge is 2.15. The zero-order valence-electron chi connectivity index (χ0n) is 11.0. The number of rotatable bonds is 4. The molecule has 0 bridgehead atoms. The van der Waals surface area contributed by atoms with Gasteiger partial charge in [0.1, 0.15) is 5.82 Å². The summed E-state index contributed by atoms with van der Waals surface area (Å²) in [5, 5.41) is 1.56. The van der Waals surface area contributed by atoms with Crippen LogP contribution < -0.4 is 4.90 Å². The molecular weight excluding hydrogens is 324 g/mol. The lowest BCUT2D eigenvalue weighted by Gasteiger charge is -2.28. The zero-order valence-corrected chi connectivity index (χ0v) is 13.3. The summed E-state index contributed by atoms with van der Waals surface area (Å²) in [7, 11) is 2.06. The molecule has 1 atom stereocenters. The normalized spacial score (nSPS) is 12.2. The smallest absolute Gasteiger partial charge is 0.132 e. The van der Waals surface area contributed by atoms with Gasteiger partial charge in [0.15, 0.2) is 0 Å². The van der Waals surface area contributed by atoms with Crippen molar-refractivity contribution in [3.63, 3.8) is 0 Å². The Hall–Kier alpha value is -1.06. The van der Waals surface area contributed by atoms with E-state index in [-0.39, 0.29) is 6.04 Å². The van der Waals surface area contributed by atoms with Gasteiger partial charge in [0, 0.05) is 29.2 Å². The highest BCUT2D eigenvalue weighted by atomic mass is 79.9. The van der Waals surface area contributed by atoms with Crippen molar-refractivity contribution in [3.8, 4) is 0 Å². The maximum atomic E-state index is 5.93. The summed E-state index contributed by atoms with van der Waals surface area (Å²) in [6.07, 6.45) is 1.83. The van der Waals surface area contributed by atoms with Gasteiger partial charge in [-0.25, -0.2) is 4.98 Å². The minimum absolute atomic E-state index is 0.241. The molecule has 100 valence electrons. The second-order valence-corrected chi connectivity index (χ2v) is 5.46. The minimum atomic E-state index is 0.241. The van der Waals surface area contributed by atoms with Gasteiger partial charge in [-0.1, -0.05) is 45.7 Å². The van der Waals surface area contributed by atoms with Crippen LogP contribution in [0.15, 0.2) is 42.6 Å². The van der Waals surface area contributed by atoms with Crippen LogP contribution in [-0.4, -0.2) is 12.0 Å².